The van der Waals surface area contributed by atoms with E-state index in [9.17, 15) is 9.59 Å². The van der Waals surface area contributed by atoms with Crippen molar-refractivity contribution in [3.05, 3.63) is 101 Å². The van der Waals surface area contributed by atoms with Crippen LogP contribution in [0.1, 0.15) is 30.9 Å². The number of carbonyl (C=O) groups excluding carboxylic acids is 2. The lowest BCUT2D eigenvalue weighted by Crippen LogP contribution is -2.34. The first kappa shape index (κ1) is 20.9. The molecule has 1 aliphatic rings. The van der Waals surface area contributed by atoms with E-state index >= 15 is 0 Å². The molecule has 0 bridgehead atoms. The number of imide groups is 1. The van der Waals surface area contributed by atoms with Gasteiger partial charge >= 0.3 is 0 Å². The van der Waals surface area contributed by atoms with Gasteiger partial charge in [0.05, 0.1) is 11.3 Å². The Morgan fingerprint density at radius 3 is 2.00 bits per heavy atom. The Bertz CT molecular complexity index is 1150. The Morgan fingerprint density at radius 2 is 1.42 bits per heavy atom. The summed E-state index contributed by atoms with van der Waals surface area (Å²) in [6, 6.07) is 24.1. The molecular weight excluding hydrogens is 408 g/mol. The lowest BCUT2D eigenvalue weighted by molar-refractivity contribution is -0.120. The second-order valence-corrected chi connectivity index (χ2v) is 8.25. The summed E-state index contributed by atoms with van der Waals surface area (Å²) in [5.74, 6) is -0.331. The van der Waals surface area contributed by atoms with Crippen molar-refractivity contribution in [2.24, 2.45) is 0 Å². The molecule has 0 N–H and O–H groups in total. The molecule has 0 aliphatic carbocycles. The molecule has 3 aromatic carbocycles. The van der Waals surface area contributed by atoms with Crippen molar-refractivity contribution in [1.29, 1.82) is 0 Å². The van der Waals surface area contributed by atoms with Crippen molar-refractivity contribution in [3.63, 3.8) is 0 Å². The highest BCUT2D eigenvalue weighted by Gasteiger charge is 2.42. The van der Waals surface area contributed by atoms with Gasteiger partial charge in [0.1, 0.15) is 5.70 Å². The summed E-state index contributed by atoms with van der Waals surface area (Å²) >= 11 is 6.05. The Hall–Kier alpha value is -3.37. The number of halogens is 1. The number of amides is 2. The quantitative estimate of drug-likeness (QED) is 0.474. The van der Waals surface area contributed by atoms with Crippen LogP contribution in [0.5, 0.6) is 0 Å². The van der Waals surface area contributed by atoms with Crippen LogP contribution in [-0.4, -0.2) is 18.9 Å². The number of hydrogen-bond acceptors (Lipinski definition) is 3. The summed E-state index contributed by atoms with van der Waals surface area (Å²) in [5.41, 5.74) is 3.88. The zero-order chi connectivity index (χ0) is 22.1. The van der Waals surface area contributed by atoms with Gasteiger partial charge in [-0.3, -0.25) is 9.59 Å². The topological polar surface area (TPSA) is 40.6 Å². The van der Waals surface area contributed by atoms with Crippen LogP contribution in [0.2, 0.25) is 5.02 Å². The fourth-order valence-electron chi connectivity index (χ4n) is 3.73. The van der Waals surface area contributed by atoms with Gasteiger partial charge in [0.2, 0.25) is 0 Å². The maximum absolute atomic E-state index is 13.6. The number of rotatable bonds is 5. The first-order valence-electron chi connectivity index (χ1n) is 10.2. The summed E-state index contributed by atoms with van der Waals surface area (Å²) in [5, 5.41) is 0.570. The molecule has 2 amide bonds. The van der Waals surface area contributed by atoms with Gasteiger partial charge in [0.15, 0.2) is 0 Å². The van der Waals surface area contributed by atoms with Crippen molar-refractivity contribution in [1.82, 2.24) is 0 Å². The molecule has 156 valence electrons. The van der Waals surface area contributed by atoms with Crippen LogP contribution in [0, 0.1) is 0 Å². The van der Waals surface area contributed by atoms with Crippen molar-refractivity contribution in [3.8, 4) is 0 Å². The fourth-order valence-corrected chi connectivity index (χ4v) is 3.86. The van der Waals surface area contributed by atoms with E-state index in [0.717, 1.165) is 11.3 Å². The van der Waals surface area contributed by atoms with E-state index in [1.807, 2.05) is 54.6 Å². The van der Waals surface area contributed by atoms with E-state index in [0.29, 0.717) is 33.5 Å². The molecule has 4 nitrogen and oxygen atoms in total. The smallest absolute Gasteiger partial charge is 0.282 e. The summed E-state index contributed by atoms with van der Waals surface area (Å²) < 4.78 is 0. The maximum atomic E-state index is 13.6. The molecule has 0 saturated heterocycles. The van der Waals surface area contributed by atoms with Gasteiger partial charge in [0.25, 0.3) is 11.8 Å². The minimum absolute atomic E-state index is 0.339. The number of likely N-dealkylation sites (N-methyl/N-ethyl adjacent to an activating group) is 1. The third-order valence-corrected chi connectivity index (χ3v) is 5.74. The van der Waals surface area contributed by atoms with Crippen LogP contribution < -0.4 is 9.80 Å². The summed E-state index contributed by atoms with van der Waals surface area (Å²) in [6.45, 7) is 4.21. The van der Waals surface area contributed by atoms with Gasteiger partial charge in [-0.1, -0.05) is 67.9 Å². The highest BCUT2D eigenvalue weighted by Crippen LogP contribution is 2.36. The highest BCUT2D eigenvalue weighted by molar-refractivity contribution is 6.46. The van der Waals surface area contributed by atoms with Crippen molar-refractivity contribution < 1.29 is 9.59 Å². The average Bonchev–Trinajstić information content (AvgIpc) is 3.04. The standard InChI is InChI=1S/C26H23ClN2O2/c1-17(2)18-11-15-22(16-12-18)29-25(30)23(19-9-13-20(27)14-10-19)24(26(29)31)28(3)21-7-5-4-6-8-21/h4-17H,1-3H3. The molecule has 1 aliphatic heterocycles. The largest absolute Gasteiger partial charge is 0.339 e. The third-order valence-electron chi connectivity index (χ3n) is 5.49. The lowest BCUT2D eigenvalue weighted by Gasteiger charge is -2.21. The minimum Gasteiger partial charge on any atom is -0.339 e. The fraction of sp³-hybridized carbons (Fsp3) is 0.154. The van der Waals surface area contributed by atoms with Crippen molar-refractivity contribution in [2.75, 3.05) is 16.8 Å². The van der Waals surface area contributed by atoms with Gasteiger partial charge in [-0.15, -0.1) is 0 Å². The molecule has 0 unspecified atom stereocenters. The van der Waals surface area contributed by atoms with E-state index in [1.165, 1.54) is 4.90 Å². The van der Waals surface area contributed by atoms with Gasteiger partial charge in [0, 0.05) is 17.8 Å². The van der Waals surface area contributed by atoms with Gasteiger partial charge in [-0.05, 0) is 53.4 Å². The van der Waals surface area contributed by atoms with Gasteiger partial charge in [-0.25, -0.2) is 4.90 Å². The van der Waals surface area contributed by atoms with Crippen LogP contribution in [0.3, 0.4) is 0 Å². The molecule has 0 aromatic heterocycles. The van der Waals surface area contributed by atoms with E-state index in [4.69, 9.17) is 11.6 Å². The molecule has 0 saturated carbocycles. The van der Waals surface area contributed by atoms with Crippen molar-refractivity contribution in [2.45, 2.75) is 19.8 Å². The molecular formula is C26H23ClN2O2. The Balaban J connectivity index is 1.83. The minimum atomic E-state index is -0.349. The van der Waals surface area contributed by atoms with Crippen LogP contribution in [0.25, 0.3) is 5.57 Å². The monoisotopic (exact) mass is 430 g/mol. The number of anilines is 2. The first-order valence-corrected chi connectivity index (χ1v) is 10.5. The zero-order valence-corrected chi connectivity index (χ0v) is 18.4. The predicted molar refractivity (Wildman–Crippen MR) is 126 cm³/mol. The Morgan fingerprint density at radius 1 is 0.806 bits per heavy atom. The van der Waals surface area contributed by atoms with Crippen LogP contribution in [-0.2, 0) is 9.59 Å². The predicted octanol–water partition coefficient (Wildman–Crippen LogP) is 5.88. The zero-order valence-electron chi connectivity index (χ0n) is 17.7. The van der Waals surface area contributed by atoms with Gasteiger partial charge in [-0.2, -0.15) is 0 Å². The molecule has 4 rings (SSSR count). The van der Waals surface area contributed by atoms with E-state index in [1.54, 1.807) is 36.2 Å². The number of nitrogens with zero attached hydrogens (tertiary/aromatic N) is 2. The first-order chi connectivity index (χ1) is 14.9. The van der Waals surface area contributed by atoms with Crippen LogP contribution in [0.4, 0.5) is 11.4 Å². The lowest BCUT2D eigenvalue weighted by atomic mass is 10.0. The van der Waals surface area contributed by atoms with E-state index < -0.39 is 0 Å². The number of para-hydroxylation sites is 1. The molecule has 1 heterocycles. The molecule has 3 aromatic rings. The van der Waals surface area contributed by atoms with Gasteiger partial charge < -0.3 is 4.90 Å². The maximum Gasteiger partial charge on any atom is 0.282 e. The normalized spacial score (nSPS) is 14.0. The molecule has 5 heteroatoms. The van der Waals surface area contributed by atoms with E-state index in [2.05, 4.69) is 13.8 Å². The molecule has 0 spiro atoms. The number of benzene rings is 3. The second-order valence-electron chi connectivity index (χ2n) is 7.82. The number of carbonyl (C=O) groups is 2. The third kappa shape index (κ3) is 3.87. The molecule has 0 fully saturated rings. The SMILES string of the molecule is CC(C)c1ccc(N2C(=O)C(c3ccc(Cl)cc3)=C(N(C)c3ccccc3)C2=O)cc1. The summed E-state index contributed by atoms with van der Waals surface area (Å²) in [6.07, 6.45) is 0. The van der Waals surface area contributed by atoms with Crippen molar-refractivity contribution >= 4 is 40.4 Å². The summed E-state index contributed by atoms with van der Waals surface area (Å²) in [4.78, 5) is 30.2. The Labute approximate surface area is 187 Å². The molecule has 0 atom stereocenters. The molecule has 31 heavy (non-hydrogen) atoms. The van der Waals surface area contributed by atoms with Crippen LogP contribution >= 0.6 is 11.6 Å². The highest BCUT2D eigenvalue weighted by atomic mass is 35.5. The van der Waals surface area contributed by atoms with Crippen LogP contribution in [0.15, 0.2) is 84.6 Å². The second kappa shape index (κ2) is 8.40. The van der Waals surface area contributed by atoms with E-state index in [-0.39, 0.29) is 11.8 Å². The summed E-state index contributed by atoms with van der Waals surface area (Å²) in [7, 11) is 1.80. The molecule has 0 radical (unpaired) electrons. The number of hydrogen-bond donors (Lipinski definition) is 0. The Kier molecular flexibility index (Phi) is 5.66. The average molecular weight is 431 g/mol.